The molecule has 0 saturated heterocycles. The maximum absolute atomic E-state index is 14.1. The van der Waals surface area contributed by atoms with Crippen LogP contribution in [0.15, 0.2) is 41.2 Å². The molecule has 2 aromatic carbocycles. The molecular weight excluding hydrogens is 305 g/mol. The highest BCUT2D eigenvalue weighted by molar-refractivity contribution is 5.98. The van der Waals surface area contributed by atoms with Crippen molar-refractivity contribution in [2.45, 2.75) is 26.7 Å². The van der Waals surface area contributed by atoms with Gasteiger partial charge in [-0.05, 0) is 30.4 Å². The minimum Gasteiger partial charge on any atom is -0.382 e. The molecule has 0 bridgehead atoms. The molecule has 0 aliphatic rings. The van der Waals surface area contributed by atoms with Crippen LogP contribution >= 0.6 is 0 Å². The maximum Gasteiger partial charge on any atom is 0.345 e. The van der Waals surface area contributed by atoms with Gasteiger partial charge in [0.05, 0.1) is 5.69 Å². The van der Waals surface area contributed by atoms with Gasteiger partial charge in [-0.1, -0.05) is 38.1 Å². The highest BCUT2D eigenvalue weighted by atomic mass is 19.1. The number of benzene rings is 2. The van der Waals surface area contributed by atoms with Crippen molar-refractivity contribution in [3.05, 3.63) is 58.4 Å². The van der Waals surface area contributed by atoms with Crippen LogP contribution < -0.4 is 11.0 Å². The molecule has 4 nitrogen and oxygen atoms in total. The number of hydrogen-bond donors (Lipinski definition) is 2. The molecule has 1 heterocycles. The van der Waals surface area contributed by atoms with Crippen molar-refractivity contribution in [2.75, 3.05) is 11.9 Å². The first-order valence-corrected chi connectivity index (χ1v) is 8.08. The molecule has 24 heavy (non-hydrogen) atoms. The van der Waals surface area contributed by atoms with Gasteiger partial charge < -0.3 is 10.3 Å². The van der Waals surface area contributed by atoms with Crippen LogP contribution in [-0.2, 0) is 0 Å². The quantitative estimate of drug-likeness (QED) is 0.752. The van der Waals surface area contributed by atoms with Crippen LogP contribution in [0.25, 0.3) is 22.0 Å². The van der Waals surface area contributed by atoms with Gasteiger partial charge in [0.25, 0.3) is 0 Å². The molecule has 0 fully saturated rings. The molecule has 124 valence electrons. The van der Waals surface area contributed by atoms with Crippen molar-refractivity contribution in [2.24, 2.45) is 0 Å². The molecule has 0 spiro atoms. The van der Waals surface area contributed by atoms with Crippen molar-refractivity contribution >= 4 is 16.5 Å². The summed E-state index contributed by atoms with van der Waals surface area (Å²) in [5.74, 6) is -0.159. The van der Waals surface area contributed by atoms with E-state index in [2.05, 4.69) is 15.3 Å². The fourth-order valence-electron chi connectivity index (χ4n) is 2.94. The smallest absolute Gasteiger partial charge is 0.345 e. The Balaban J connectivity index is 2.38. The average Bonchev–Trinajstić information content (AvgIpc) is 2.57. The van der Waals surface area contributed by atoms with Crippen LogP contribution in [0.2, 0.25) is 0 Å². The molecule has 2 N–H and O–H groups in total. The summed E-state index contributed by atoms with van der Waals surface area (Å²) in [6.45, 7) is 6.71. The zero-order valence-corrected chi connectivity index (χ0v) is 14.0. The summed E-state index contributed by atoms with van der Waals surface area (Å²) >= 11 is 0. The lowest BCUT2D eigenvalue weighted by molar-refractivity contribution is 0.640. The van der Waals surface area contributed by atoms with E-state index in [-0.39, 0.29) is 11.7 Å². The lowest BCUT2D eigenvalue weighted by Crippen LogP contribution is -2.18. The topological polar surface area (TPSA) is 57.8 Å². The Hall–Kier alpha value is -2.69. The average molecular weight is 325 g/mol. The number of anilines is 1. The second-order valence-corrected chi connectivity index (χ2v) is 6.00. The van der Waals surface area contributed by atoms with Gasteiger partial charge >= 0.3 is 5.69 Å². The van der Waals surface area contributed by atoms with Gasteiger partial charge in [-0.3, -0.25) is 0 Å². The van der Waals surface area contributed by atoms with Crippen molar-refractivity contribution in [1.82, 2.24) is 9.97 Å². The molecule has 0 aliphatic heterocycles. The largest absolute Gasteiger partial charge is 0.382 e. The normalized spacial score (nSPS) is 11.2. The molecule has 0 atom stereocenters. The number of hydrogen-bond acceptors (Lipinski definition) is 3. The Morgan fingerprint density at radius 2 is 1.88 bits per heavy atom. The van der Waals surface area contributed by atoms with Crippen LogP contribution in [0.5, 0.6) is 0 Å². The molecule has 0 unspecified atom stereocenters. The Labute approximate surface area is 139 Å². The van der Waals surface area contributed by atoms with E-state index >= 15 is 0 Å². The van der Waals surface area contributed by atoms with E-state index in [1.165, 1.54) is 6.07 Å². The third kappa shape index (κ3) is 2.77. The van der Waals surface area contributed by atoms with Crippen LogP contribution in [-0.4, -0.2) is 16.5 Å². The summed E-state index contributed by atoms with van der Waals surface area (Å²) in [6.07, 6.45) is 0. The minimum absolute atomic E-state index is 0.125. The van der Waals surface area contributed by atoms with E-state index in [9.17, 15) is 9.18 Å². The summed E-state index contributed by atoms with van der Waals surface area (Å²) in [5, 5.41) is 4.56. The molecule has 1 aromatic heterocycles. The molecule has 3 rings (SSSR count). The second-order valence-electron chi connectivity index (χ2n) is 6.00. The number of halogens is 1. The van der Waals surface area contributed by atoms with E-state index < -0.39 is 5.69 Å². The van der Waals surface area contributed by atoms with Crippen molar-refractivity contribution < 1.29 is 4.39 Å². The van der Waals surface area contributed by atoms with E-state index in [1.54, 1.807) is 18.2 Å². The van der Waals surface area contributed by atoms with E-state index in [1.807, 2.05) is 32.9 Å². The number of aromatic amines is 1. The Kier molecular flexibility index (Phi) is 4.34. The van der Waals surface area contributed by atoms with Crippen molar-refractivity contribution in [3.8, 4) is 11.3 Å². The predicted molar refractivity (Wildman–Crippen MR) is 96.0 cm³/mol. The van der Waals surface area contributed by atoms with Crippen LogP contribution in [0.4, 0.5) is 10.1 Å². The van der Waals surface area contributed by atoms with Crippen molar-refractivity contribution in [3.63, 3.8) is 0 Å². The highest BCUT2D eigenvalue weighted by Gasteiger charge is 2.18. The summed E-state index contributed by atoms with van der Waals surface area (Å²) in [5.41, 5.74) is 2.50. The zero-order chi connectivity index (χ0) is 17.3. The zero-order valence-electron chi connectivity index (χ0n) is 14.0. The van der Waals surface area contributed by atoms with Gasteiger partial charge in [0.2, 0.25) is 0 Å². The molecule has 0 amide bonds. The standard InChI is InChI=1S/C19H20FN3O/c1-4-21-18-16(11(2)3)22-19(24)23-17(18)14-9-10-15(20)13-8-6-5-7-12(13)14/h5-11,21H,4H2,1-3H3,(H,22,23,24). The van der Waals surface area contributed by atoms with Crippen LogP contribution in [0.3, 0.4) is 0 Å². The summed E-state index contributed by atoms with van der Waals surface area (Å²) in [7, 11) is 0. The third-order valence-electron chi connectivity index (χ3n) is 4.02. The molecule has 0 aliphatic carbocycles. The van der Waals surface area contributed by atoms with Crippen LogP contribution in [0, 0.1) is 5.82 Å². The first-order chi connectivity index (χ1) is 11.5. The van der Waals surface area contributed by atoms with E-state index in [4.69, 9.17) is 0 Å². The van der Waals surface area contributed by atoms with Gasteiger partial charge in [-0.25, -0.2) is 9.18 Å². The van der Waals surface area contributed by atoms with Crippen molar-refractivity contribution in [1.29, 1.82) is 0 Å². The highest BCUT2D eigenvalue weighted by Crippen LogP contribution is 2.35. The summed E-state index contributed by atoms with van der Waals surface area (Å²) in [6, 6.07) is 10.3. The second kappa shape index (κ2) is 6.43. The molecule has 5 heteroatoms. The summed E-state index contributed by atoms with van der Waals surface area (Å²) < 4.78 is 14.1. The Bertz CT molecular complexity index is 947. The first kappa shape index (κ1) is 16.2. The van der Waals surface area contributed by atoms with Gasteiger partial charge in [-0.15, -0.1) is 0 Å². The van der Waals surface area contributed by atoms with Gasteiger partial charge in [0.15, 0.2) is 0 Å². The van der Waals surface area contributed by atoms with Gasteiger partial charge in [0.1, 0.15) is 11.5 Å². The maximum atomic E-state index is 14.1. The third-order valence-corrected chi connectivity index (χ3v) is 4.02. The fourth-order valence-corrected chi connectivity index (χ4v) is 2.94. The fraction of sp³-hybridized carbons (Fsp3) is 0.263. The lowest BCUT2D eigenvalue weighted by Gasteiger charge is -2.18. The SMILES string of the molecule is CCNc1c(-c2ccc(F)c3ccccc23)nc(=O)[nH]c1C(C)C. The number of nitrogens with one attached hydrogen (secondary N) is 2. The first-order valence-electron chi connectivity index (χ1n) is 8.08. The monoisotopic (exact) mass is 325 g/mol. The van der Waals surface area contributed by atoms with E-state index in [0.29, 0.717) is 17.6 Å². The summed E-state index contributed by atoms with van der Waals surface area (Å²) in [4.78, 5) is 19.1. The minimum atomic E-state index is -0.399. The lowest BCUT2D eigenvalue weighted by atomic mass is 9.98. The van der Waals surface area contributed by atoms with Gasteiger partial charge in [-0.2, -0.15) is 4.98 Å². The Morgan fingerprint density at radius 1 is 1.17 bits per heavy atom. The number of H-pyrrole nitrogens is 1. The van der Waals surface area contributed by atoms with Crippen LogP contribution in [0.1, 0.15) is 32.4 Å². The molecule has 0 saturated carbocycles. The Morgan fingerprint density at radius 3 is 2.54 bits per heavy atom. The molecule has 3 aromatic rings. The van der Waals surface area contributed by atoms with E-state index in [0.717, 1.165) is 22.3 Å². The van der Waals surface area contributed by atoms with Gasteiger partial charge in [0, 0.05) is 23.2 Å². The number of aromatic nitrogens is 2. The predicted octanol–water partition coefficient (Wildman–Crippen LogP) is 4.28. The number of fused-ring (bicyclic) bond motifs is 1. The number of nitrogens with zero attached hydrogens (tertiary/aromatic N) is 1. The molecule has 0 radical (unpaired) electrons. The number of rotatable bonds is 4. The molecular formula is C19H20FN3O.